The maximum atomic E-state index is 8.74. The molecule has 0 unspecified atom stereocenters. The first-order valence-corrected chi connectivity index (χ1v) is 5.33. The summed E-state index contributed by atoms with van der Waals surface area (Å²) in [6.45, 7) is 0. The molecule has 0 atom stereocenters. The van der Waals surface area contributed by atoms with Gasteiger partial charge >= 0.3 is 10.4 Å². The zero-order valence-corrected chi connectivity index (χ0v) is 8.72. The molecule has 2 N–H and O–H groups in total. The van der Waals surface area contributed by atoms with Crippen LogP contribution < -0.4 is 0 Å². The van der Waals surface area contributed by atoms with E-state index in [4.69, 9.17) is 17.5 Å². The summed E-state index contributed by atoms with van der Waals surface area (Å²) in [5, 5.41) is 0. The lowest BCUT2D eigenvalue weighted by atomic mass is 10.3. The zero-order valence-electron chi connectivity index (χ0n) is 7.90. The number of nitrogens with zero attached hydrogens (tertiary/aromatic N) is 2. The number of aromatic nitrogens is 2. The second-order valence-electron chi connectivity index (χ2n) is 2.79. The minimum absolute atomic E-state index is 1.06. The van der Waals surface area contributed by atoms with Gasteiger partial charge in [-0.3, -0.25) is 9.11 Å². The summed E-state index contributed by atoms with van der Waals surface area (Å²) in [7, 11) is -2.67. The second-order valence-corrected chi connectivity index (χ2v) is 3.69. The quantitative estimate of drug-likeness (QED) is 0.656. The smallest absolute Gasteiger partial charge is 0.334 e. The number of aryl methyl sites for hydroxylation is 1. The molecule has 2 rings (SSSR count). The number of imidazole rings is 1. The molecule has 2 aromatic rings. The SMILES string of the molecule is Cn1cnc2ccccc21.O=S(=O)(O)O. The fourth-order valence-corrected chi connectivity index (χ4v) is 1.08. The monoisotopic (exact) mass is 230 g/mol. The van der Waals surface area contributed by atoms with Gasteiger partial charge in [0, 0.05) is 7.05 Å². The van der Waals surface area contributed by atoms with E-state index in [0.717, 1.165) is 5.52 Å². The third-order valence-corrected chi connectivity index (χ3v) is 1.63. The van der Waals surface area contributed by atoms with Crippen molar-refractivity contribution in [3.8, 4) is 0 Å². The molecule has 0 bridgehead atoms. The van der Waals surface area contributed by atoms with Crippen molar-refractivity contribution in [2.24, 2.45) is 7.05 Å². The van der Waals surface area contributed by atoms with Crippen LogP contribution in [0.5, 0.6) is 0 Å². The standard InChI is InChI=1S/C8H8N2.H2O4S/c1-10-6-9-7-4-2-3-5-8(7)10;1-5(2,3)4/h2-6H,1H3;(H2,1,2,3,4). The van der Waals surface area contributed by atoms with Crippen molar-refractivity contribution in [3.05, 3.63) is 30.6 Å². The molecule has 15 heavy (non-hydrogen) atoms. The van der Waals surface area contributed by atoms with E-state index in [1.54, 1.807) is 0 Å². The normalized spacial score (nSPS) is 10.9. The van der Waals surface area contributed by atoms with E-state index in [0.29, 0.717) is 0 Å². The van der Waals surface area contributed by atoms with Crippen molar-refractivity contribution in [3.63, 3.8) is 0 Å². The first kappa shape index (κ1) is 11.6. The Morgan fingerprint density at radius 2 is 1.80 bits per heavy atom. The van der Waals surface area contributed by atoms with Crippen LogP contribution in [0.3, 0.4) is 0 Å². The summed E-state index contributed by atoms with van der Waals surface area (Å²) in [6, 6.07) is 8.08. The summed E-state index contributed by atoms with van der Waals surface area (Å²) >= 11 is 0. The Hall–Kier alpha value is -1.44. The molecule has 0 saturated carbocycles. The topological polar surface area (TPSA) is 92.4 Å². The highest BCUT2D eigenvalue weighted by Gasteiger charge is 1.93. The average Bonchev–Trinajstić information content (AvgIpc) is 2.46. The Bertz CT molecular complexity index is 539. The highest BCUT2D eigenvalue weighted by atomic mass is 32.3. The molecule has 6 nitrogen and oxygen atoms in total. The molecule has 0 radical (unpaired) electrons. The van der Waals surface area contributed by atoms with Crippen LogP contribution in [0, 0.1) is 0 Å². The molecule has 0 saturated heterocycles. The van der Waals surface area contributed by atoms with Crippen molar-refractivity contribution in [1.82, 2.24) is 9.55 Å². The Balaban J connectivity index is 0.000000195. The number of rotatable bonds is 0. The van der Waals surface area contributed by atoms with Crippen LogP contribution in [0.2, 0.25) is 0 Å². The molecular formula is C8H10N2O4S. The van der Waals surface area contributed by atoms with E-state index in [9.17, 15) is 0 Å². The highest BCUT2D eigenvalue weighted by Crippen LogP contribution is 2.08. The van der Waals surface area contributed by atoms with Gasteiger partial charge in [0.2, 0.25) is 0 Å². The van der Waals surface area contributed by atoms with Gasteiger partial charge in [-0.05, 0) is 12.1 Å². The Labute approximate surface area is 86.8 Å². The molecule has 7 heteroatoms. The predicted molar refractivity (Wildman–Crippen MR) is 54.9 cm³/mol. The summed E-state index contributed by atoms with van der Waals surface area (Å²) < 4.78 is 33.6. The second kappa shape index (κ2) is 4.39. The summed E-state index contributed by atoms with van der Waals surface area (Å²) in [5.41, 5.74) is 2.24. The lowest BCUT2D eigenvalue weighted by Gasteiger charge is -1.90. The molecule has 0 amide bonds. The molecule has 1 aromatic heterocycles. The molecular weight excluding hydrogens is 220 g/mol. The Morgan fingerprint density at radius 1 is 1.27 bits per heavy atom. The minimum atomic E-state index is -4.67. The third-order valence-electron chi connectivity index (χ3n) is 1.63. The molecule has 1 aromatic carbocycles. The van der Waals surface area contributed by atoms with E-state index < -0.39 is 10.4 Å². The van der Waals surface area contributed by atoms with Gasteiger partial charge in [-0.2, -0.15) is 8.42 Å². The number of hydrogen-bond acceptors (Lipinski definition) is 3. The van der Waals surface area contributed by atoms with Crippen LogP contribution in [-0.2, 0) is 17.4 Å². The molecule has 1 heterocycles. The molecule has 0 fully saturated rings. The highest BCUT2D eigenvalue weighted by molar-refractivity contribution is 7.79. The minimum Gasteiger partial charge on any atom is -0.334 e. The van der Waals surface area contributed by atoms with Crippen LogP contribution in [0.1, 0.15) is 0 Å². The summed E-state index contributed by atoms with van der Waals surface area (Å²) in [6.07, 6.45) is 1.82. The van der Waals surface area contributed by atoms with E-state index in [2.05, 4.69) is 11.1 Å². The third kappa shape index (κ3) is 4.07. The molecule has 0 aliphatic rings. The van der Waals surface area contributed by atoms with E-state index in [1.165, 1.54) is 5.52 Å². The maximum absolute atomic E-state index is 8.74. The largest absolute Gasteiger partial charge is 0.394 e. The average molecular weight is 230 g/mol. The number of fused-ring (bicyclic) bond motifs is 1. The molecule has 0 aliphatic heterocycles. The van der Waals surface area contributed by atoms with Crippen LogP contribution in [0.15, 0.2) is 30.6 Å². The predicted octanol–water partition coefficient (Wildman–Crippen LogP) is 0.920. The van der Waals surface area contributed by atoms with Gasteiger partial charge in [-0.25, -0.2) is 4.98 Å². The molecule has 0 spiro atoms. The lowest BCUT2D eigenvalue weighted by Crippen LogP contribution is -1.89. The lowest BCUT2D eigenvalue weighted by molar-refractivity contribution is 0.381. The van der Waals surface area contributed by atoms with Crippen LogP contribution in [0.4, 0.5) is 0 Å². The van der Waals surface area contributed by atoms with Crippen LogP contribution >= 0.6 is 0 Å². The van der Waals surface area contributed by atoms with Crippen molar-refractivity contribution < 1.29 is 17.5 Å². The van der Waals surface area contributed by atoms with Gasteiger partial charge in [-0.1, -0.05) is 12.1 Å². The van der Waals surface area contributed by atoms with Crippen molar-refractivity contribution >= 4 is 21.4 Å². The van der Waals surface area contributed by atoms with Gasteiger partial charge in [0.15, 0.2) is 0 Å². The maximum Gasteiger partial charge on any atom is 0.394 e. The van der Waals surface area contributed by atoms with Crippen LogP contribution in [0.25, 0.3) is 11.0 Å². The van der Waals surface area contributed by atoms with Gasteiger partial charge in [-0.15, -0.1) is 0 Å². The Kier molecular flexibility index (Phi) is 3.40. The first-order valence-electron chi connectivity index (χ1n) is 3.94. The fourth-order valence-electron chi connectivity index (χ4n) is 1.08. The van der Waals surface area contributed by atoms with Crippen molar-refractivity contribution in [2.45, 2.75) is 0 Å². The summed E-state index contributed by atoms with van der Waals surface area (Å²) in [4.78, 5) is 4.18. The van der Waals surface area contributed by atoms with Gasteiger partial charge in [0.25, 0.3) is 0 Å². The molecule has 82 valence electrons. The van der Waals surface area contributed by atoms with Crippen LogP contribution in [-0.4, -0.2) is 27.1 Å². The molecule has 0 aliphatic carbocycles. The zero-order chi connectivity index (χ0) is 11.5. The van der Waals surface area contributed by atoms with Gasteiger partial charge < -0.3 is 4.57 Å². The van der Waals surface area contributed by atoms with E-state index >= 15 is 0 Å². The van der Waals surface area contributed by atoms with E-state index in [-0.39, 0.29) is 0 Å². The Morgan fingerprint density at radius 3 is 2.33 bits per heavy atom. The van der Waals surface area contributed by atoms with Crippen molar-refractivity contribution in [2.75, 3.05) is 0 Å². The number of hydrogen-bond donors (Lipinski definition) is 2. The van der Waals surface area contributed by atoms with Gasteiger partial charge in [0.1, 0.15) is 0 Å². The number of para-hydroxylation sites is 2. The van der Waals surface area contributed by atoms with Gasteiger partial charge in [0.05, 0.1) is 17.4 Å². The van der Waals surface area contributed by atoms with Crippen molar-refractivity contribution in [1.29, 1.82) is 0 Å². The first-order chi connectivity index (χ1) is 6.88. The number of benzene rings is 1. The fraction of sp³-hybridized carbons (Fsp3) is 0.125. The summed E-state index contributed by atoms with van der Waals surface area (Å²) in [5.74, 6) is 0. The van der Waals surface area contributed by atoms with E-state index in [1.807, 2.05) is 36.1 Å².